The summed E-state index contributed by atoms with van der Waals surface area (Å²) in [6.45, 7) is 0. The highest BCUT2D eigenvalue weighted by Crippen LogP contribution is 2.32. The second kappa shape index (κ2) is 5.15. The van der Waals surface area contributed by atoms with Gasteiger partial charge in [-0.1, -0.05) is 43.5 Å². The second-order valence-electron chi connectivity index (χ2n) is 4.57. The molecule has 2 nitrogen and oxygen atoms in total. The van der Waals surface area contributed by atoms with Crippen molar-refractivity contribution in [2.75, 3.05) is 7.05 Å². The van der Waals surface area contributed by atoms with Gasteiger partial charge in [-0.15, -0.1) is 0 Å². The smallest absolute Gasteiger partial charge is 0.125 e. The number of benzene rings is 1. The molecule has 2 heteroatoms. The summed E-state index contributed by atoms with van der Waals surface area (Å²) >= 11 is 0. The fourth-order valence-corrected chi connectivity index (χ4v) is 2.49. The summed E-state index contributed by atoms with van der Waals surface area (Å²) < 4.78 is 0. The molecule has 1 aromatic rings. The number of nitrogens with two attached hydrogens (primary N) is 1. The maximum atomic E-state index is 5.77. The minimum Gasteiger partial charge on any atom is -0.384 e. The molecule has 0 aliphatic heterocycles. The Balaban J connectivity index is 2.12. The summed E-state index contributed by atoms with van der Waals surface area (Å²) in [5, 5.41) is 0. The van der Waals surface area contributed by atoms with Gasteiger partial charge >= 0.3 is 0 Å². The van der Waals surface area contributed by atoms with Crippen LogP contribution < -0.4 is 5.73 Å². The van der Waals surface area contributed by atoms with Crippen LogP contribution >= 0.6 is 0 Å². The highest BCUT2D eigenvalue weighted by molar-refractivity contribution is 5.97. The van der Waals surface area contributed by atoms with Crippen LogP contribution in [0.25, 0.3) is 0 Å². The Kier molecular flexibility index (Phi) is 3.60. The summed E-state index contributed by atoms with van der Waals surface area (Å²) in [6.07, 6.45) is 6.85. The molecule has 1 saturated carbocycles. The maximum Gasteiger partial charge on any atom is 0.125 e. The minimum absolute atomic E-state index is 0.621. The molecule has 0 amide bonds. The van der Waals surface area contributed by atoms with Gasteiger partial charge in [-0.25, -0.2) is 0 Å². The second-order valence-corrected chi connectivity index (χ2v) is 4.57. The van der Waals surface area contributed by atoms with Gasteiger partial charge < -0.3 is 5.73 Å². The lowest BCUT2D eigenvalue weighted by Gasteiger charge is -2.22. The zero-order chi connectivity index (χ0) is 11.4. The number of aliphatic imine (C=N–C) groups is 1. The first kappa shape index (κ1) is 11.2. The first-order valence-electron chi connectivity index (χ1n) is 6.14. The highest BCUT2D eigenvalue weighted by atomic mass is 14.8. The molecule has 2 N–H and O–H groups in total. The van der Waals surface area contributed by atoms with Crippen LogP contribution in [0.15, 0.2) is 29.3 Å². The van der Waals surface area contributed by atoms with Crippen molar-refractivity contribution < 1.29 is 0 Å². The van der Waals surface area contributed by atoms with E-state index in [0.717, 1.165) is 11.5 Å². The average Bonchev–Trinajstić information content (AvgIpc) is 2.39. The molecule has 1 aliphatic carbocycles. The van der Waals surface area contributed by atoms with E-state index in [2.05, 4.69) is 29.3 Å². The molecule has 16 heavy (non-hydrogen) atoms. The van der Waals surface area contributed by atoms with Crippen molar-refractivity contribution in [2.24, 2.45) is 10.7 Å². The summed E-state index contributed by atoms with van der Waals surface area (Å²) in [5.41, 5.74) is 8.27. The first-order chi connectivity index (χ1) is 7.81. The Morgan fingerprint density at radius 3 is 2.31 bits per heavy atom. The lowest BCUT2D eigenvalue weighted by atomic mass is 9.84. The van der Waals surface area contributed by atoms with Crippen LogP contribution in [-0.4, -0.2) is 12.9 Å². The summed E-state index contributed by atoms with van der Waals surface area (Å²) in [5.74, 6) is 1.39. The molecule has 0 bridgehead atoms. The van der Waals surface area contributed by atoms with Crippen molar-refractivity contribution in [3.8, 4) is 0 Å². The zero-order valence-corrected chi connectivity index (χ0v) is 9.95. The van der Waals surface area contributed by atoms with Gasteiger partial charge in [-0.05, 0) is 24.3 Å². The van der Waals surface area contributed by atoms with Gasteiger partial charge in [0.15, 0.2) is 0 Å². The van der Waals surface area contributed by atoms with Gasteiger partial charge in [0.25, 0.3) is 0 Å². The molecule has 0 atom stereocenters. The van der Waals surface area contributed by atoms with Crippen LogP contribution in [0.5, 0.6) is 0 Å². The molecule has 86 valence electrons. The molecule has 1 fully saturated rings. The van der Waals surface area contributed by atoms with Crippen molar-refractivity contribution in [2.45, 2.75) is 38.0 Å². The number of hydrogen-bond donors (Lipinski definition) is 1. The van der Waals surface area contributed by atoms with Crippen molar-refractivity contribution >= 4 is 5.84 Å². The van der Waals surface area contributed by atoms with E-state index in [1.165, 1.54) is 37.7 Å². The van der Waals surface area contributed by atoms with Gasteiger partial charge in [0.2, 0.25) is 0 Å². The highest BCUT2D eigenvalue weighted by Gasteiger charge is 2.15. The number of amidine groups is 1. The maximum absolute atomic E-state index is 5.77. The normalized spacial score (nSPS) is 18.7. The van der Waals surface area contributed by atoms with Crippen molar-refractivity contribution in [3.05, 3.63) is 35.4 Å². The molecule has 0 unspecified atom stereocenters. The predicted molar refractivity (Wildman–Crippen MR) is 68.9 cm³/mol. The van der Waals surface area contributed by atoms with Gasteiger partial charge in [-0.3, -0.25) is 4.99 Å². The molecular weight excluding hydrogens is 196 g/mol. The van der Waals surface area contributed by atoms with Crippen molar-refractivity contribution in [1.29, 1.82) is 0 Å². The largest absolute Gasteiger partial charge is 0.384 e. The van der Waals surface area contributed by atoms with Crippen molar-refractivity contribution in [3.63, 3.8) is 0 Å². The molecule has 0 radical (unpaired) electrons. The minimum atomic E-state index is 0.621. The van der Waals surface area contributed by atoms with Crippen LogP contribution in [0.2, 0.25) is 0 Å². The third-order valence-electron chi connectivity index (χ3n) is 3.52. The number of rotatable bonds is 2. The molecular formula is C14H20N2. The molecule has 0 heterocycles. The third-order valence-corrected chi connectivity index (χ3v) is 3.52. The quantitative estimate of drug-likeness (QED) is 0.599. The number of hydrogen-bond acceptors (Lipinski definition) is 1. The standard InChI is InChI=1S/C14H20N2/c1-16-14(15)13-9-7-12(8-10-13)11-5-3-2-4-6-11/h7-11H,2-6H2,1H3,(H2,15,16). The Hall–Kier alpha value is -1.31. The van der Waals surface area contributed by atoms with Crippen LogP contribution in [0, 0.1) is 0 Å². The Morgan fingerprint density at radius 2 is 1.75 bits per heavy atom. The van der Waals surface area contributed by atoms with Crippen LogP contribution in [0.1, 0.15) is 49.1 Å². The molecule has 1 aliphatic rings. The SMILES string of the molecule is CN=C(N)c1ccc(C2CCCCC2)cc1. The van der Waals surface area contributed by atoms with E-state index >= 15 is 0 Å². The third kappa shape index (κ3) is 2.43. The first-order valence-corrected chi connectivity index (χ1v) is 6.14. The van der Waals surface area contributed by atoms with E-state index in [0.29, 0.717) is 5.84 Å². The lowest BCUT2D eigenvalue weighted by molar-refractivity contribution is 0.443. The topological polar surface area (TPSA) is 38.4 Å². The summed E-state index contributed by atoms with van der Waals surface area (Å²) in [4.78, 5) is 4.00. The zero-order valence-electron chi connectivity index (χ0n) is 9.95. The fraction of sp³-hybridized carbons (Fsp3) is 0.500. The van der Waals surface area contributed by atoms with E-state index in [9.17, 15) is 0 Å². The van der Waals surface area contributed by atoms with Crippen LogP contribution in [0.3, 0.4) is 0 Å². The summed E-state index contributed by atoms with van der Waals surface area (Å²) in [6, 6.07) is 8.60. The van der Waals surface area contributed by atoms with Gasteiger partial charge in [0.05, 0.1) is 0 Å². The Morgan fingerprint density at radius 1 is 1.12 bits per heavy atom. The van der Waals surface area contributed by atoms with Gasteiger partial charge in [0, 0.05) is 12.6 Å². The predicted octanol–water partition coefficient (Wildman–Crippen LogP) is 3.07. The molecule has 2 rings (SSSR count). The van der Waals surface area contributed by atoms with Crippen LogP contribution in [-0.2, 0) is 0 Å². The summed E-state index contributed by atoms with van der Waals surface area (Å²) in [7, 11) is 1.73. The van der Waals surface area contributed by atoms with E-state index in [-0.39, 0.29) is 0 Å². The van der Waals surface area contributed by atoms with E-state index in [1.807, 2.05) is 0 Å². The lowest BCUT2D eigenvalue weighted by Crippen LogP contribution is -2.13. The number of nitrogens with zero attached hydrogens (tertiary/aromatic N) is 1. The molecule has 0 spiro atoms. The Labute approximate surface area is 97.6 Å². The van der Waals surface area contributed by atoms with Gasteiger partial charge in [-0.2, -0.15) is 0 Å². The molecule has 0 aromatic heterocycles. The van der Waals surface area contributed by atoms with E-state index in [4.69, 9.17) is 5.73 Å². The van der Waals surface area contributed by atoms with E-state index < -0.39 is 0 Å². The van der Waals surface area contributed by atoms with E-state index in [1.54, 1.807) is 7.05 Å². The fourth-order valence-electron chi connectivity index (χ4n) is 2.49. The Bertz CT molecular complexity index is 359. The molecule has 0 saturated heterocycles. The molecule has 1 aromatic carbocycles. The van der Waals surface area contributed by atoms with Crippen molar-refractivity contribution in [1.82, 2.24) is 0 Å². The monoisotopic (exact) mass is 216 g/mol. The average molecular weight is 216 g/mol. The van der Waals surface area contributed by atoms with Crippen LogP contribution in [0.4, 0.5) is 0 Å². The van der Waals surface area contributed by atoms with Gasteiger partial charge in [0.1, 0.15) is 5.84 Å².